The average Bonchev–Trinajstić information content (AvgIpc) is 3.18. The Morgan fingerprint density at radius 3 is 2.56 bits per heavy atom. The predicted octanol–water partition coefficient (Wildman–Crippen LogP) is 7.76. The number of rotatable bonds is 0. The van der Waals surface area contributed by atoms with Gasteiger partial charge in [-0.1, -0.05) is 48.0 Å². The molecule has 0 atom stereocenters. The third-order valence-electron chi connectivity index (χ3n) is 4.92. The van der Waals surface area contributed by atoms with E-state index >= 15 is 0 Å². The molecule has 0 amide bonds. The molecule has 6 rings (SSSR count). The van der Waals surface area contributed by atoms with Gasteiger partial charge in [-0.05, 0) is 41.1 Å². The maximum absolute atomic E-state index is 6.34. The van der Waals surface area contributed by atoms with Crippen LogP contribution in [-0.4, -0.2) is 0 Å². The van der Waals surface area contributed by atoms with Crippen LogP contribution in [0.15, 0.2) is 71.1 Å². The Balaban J connectivity index is 1.90. The summed E-state index contributed by atoms with van der Waals surface area (Å²) in [7, 11) is 0. The maximum Gasteiger partial charge on any atom is 0.144 e. The van der Waals surface area contributed by atoms with Crippen LogP contribution in [0.3, 0.4) is 0 Å². The molecule has 4 aromatic carbocycles. The molecule has 6 aromatic rings. The molecule has 2 aromatic heterocycles. The van der Waals surface area contributed by atoms with E-state index in [1.807, 2.05) is 12.1 Å². The lowest BCUT2D eigenvalue weighted by Crippen LogP contribution is -1.73. The molecule has 3 heteroatoms. The van der Waals surface area contributed by atoms with Gasteiger partial charge in [0, 0.05) is 36.0 Å². The van der Waals surface area contributed by atoms with Crippen molar-refractivity contribution < 1.29 is 4.42 Å². The van der Waals surface area contributed by atoms with Gasteiger partial charge in [0.05, 0.1) is 0 Å². The van der Waals surface area contributed by atoms with E-state index in [9.17, 15) is 0 Å². The first kappa shape index (κ1) is 13.7. The van der Waals surface area contributed by atoms with E-state index in [0.29, 0.717) is 0 Å². The number of thiophene rings is 1. The number of halogens is 1. The lowest BCUT2D eigenvalue weighted by Gasteiger charge is -1.98. The van der Waals surface area contributed by atoms with E-state index in [-0.39, 0.29) is 0 Å². The highest BCUT2D eigenvalue weighted by Crippen LogP contribution is 2.43. The van der Waals surface area contributed by atoms with Crippen LogP contribution in [0.2, 0.25) is 5.02 Å². The monoisotopic (exact) mass is 358 g/mol. The zero-order chi connectivity index (χ0) is 16.5. The van der Waals surface area contributed by atoms with Crippen molar-refractivity contribution in [1.29, 1.82) is 0 Å². The Labute approximate surface area is 152 Å². The fourth-order valence-electron chi connectivity index (χ4n) is 3.84. The number of hydrogen-bond acceptors (Lipinski definition) is 2. The fourth-order valence-corrected chi connectivity index (χ4v) is 5.22. The Morgan fingerprint density at radius 1 is 0.720 bits per heavy atom. The smallest absolute Gasteiger partial charge is 0.144 e. The normalized spacial score (nSPS) is 12.2. The lowest BCUT2D eigenvalue weighted by atomic mass is 10.0. The SMILES string of the molecule is Clc1ccc2c(c1)sc1ccc3c(oc4ccc5ccccc5c43)c12. The molecule has 1 nitrogen and oxygen atoms in total. The van der Waals surface area contributed by atoms with Crippen molar-refractivity contribution in [2.75, 3.05) is 0 Å². The van der Waals surface area contributed by atoms with Crippen LogP contribution in [0.1, 0.15) is 0 Å². The van der Waals surface area contributed by atoms with Gasteiger partial charge in [-0.2, -0.15) is 0 Å². The predicted molar refractivity (Wildman–Crippen MR) is 109 cm³/mol. The second kappa shape index (κ2) is 4.75. The summed E-state index contributed by atoms with van der Waals surface area (Å²) < 4.78 is 8.77. The van der Waals surface area contributed by atoms with Gasteiger partial charge in [-0.15, -0.1) is 11.3 Å². The van der Waals surface area contributed by atoms with Gasteiger partial charge >= 0.3 is 0 Å². The van der Waals surface area contributed by atoms with Crippen LogP contribution in [0.5, 0.6) is 0 Å². The molecular weight excluding hydrogens is 348 g/mol. The van der Waals surface area contributed by atoms with E-state index < -0.39 is 0 Å². The molecule has 118 valence electrons. The van der Waals surface area contributed by atoms with Crippen LogP contribution >= 0.6 is 22.9 Å². The van der Waals surface area contributed by atoms with Crippen LogP contribution < -0.4 is 0 Å². The molecule has 0 fully saturated rings. The third kappa shape index (κ3) is 1.78. The van der Waals surface area contributed by atoms with Crippen molar-refractivity contribution in [1.82, 2.24) is 0 Å². The summed E-state index contributed by atoms with van der Waals surface area (Å²) in [5, 5.41) is 8.01. The van der Waals surface area contributed by atoms with Crippen molar-refractivity contribution in [3.63, 3.8) is 0 Å². The quantitative estimate of drug-likeness (QED) is 0.270. The van der Waals surface area contributed by atoms with E-state index in [4.69, 9.17) is 16.0 Å². The van der Waals surface area contributed by atoms with Gasteiger partial charge in [-0.25, -0.2) is 0 Å². The summed E-state index contributed by atoms with van der Waals surface area (Å²) in [6.07, 6.45) is 0. The number of benzene rings is 4. The summed E-state index contributed by atoms with van der Waals surface area (Å²) in [6, 6.07) is 23.2. The summed E-state index contributed by atoms with van der Waals surface area (Å²) in [6.45, 7) is 0. The van der Waals surface area contributed by atoms with E-state index in [2.05, 4.69) is 54.6 Å². The standard InChI is InChI=1S/C22H11ClOS/c23-13-6-7-15-19(11-13)25-18-10-8-16-20-14-4-2-1-3-12(14)5-9-17(20)24-22(16)21(15)18/h1-11H. The number of hydrogen-bond donors (Lipinski definition) is 0. The van der Waals surface area contributed by atoms with Crippen LogP contribution in [0, 0.1) is 0 Å². The van der Waals surface area contributed by atoms with Crippen LogP contribution in [-0.2, 0) is 0 Å². The second-order valence-electron chi connectivity index (χ2n) is 6.32. The van der Waals surface area contributed by atoms with Crippen molar-refractivity contribution in [2.24, 2.45) is 0 Å². The summed E-state index contributed by atoms with van der Waals surface area (Å²) in [4.78, 5) is 0. The van der Waals surface area contributed by atoms with Crippen molar-refractivity contribution in [3.8, 4) is 0 Å². The molecule has 2 heterocycles. The molecule has 0 bridgehead atoms. The molecular formula is C22H11ClOS. The van der Waals surface area contributed by atoms with Gasteiger partial charge in [-0.3, -0.25) is 0 Å². The van der Waals surface area contributed by atoms with Gasteiger partial charge in [0.1, 0.15) is 11.2 Å². The first-order chi connectivity index (χ1) is 12.3. The van der Waals surface area contributed by atoms with Crippen LogP contribution in [0.25, 0.3) is 52.9 Å². The van der Waals surface area contributed by atoms with E-state index in [0.717, 1.165) is 16.2 Å². The van der Waals surface area contributed by atoms with Crippen molar-refractivity contribution in [2.45, 2.75) is 0 Å². The van der Waals surface area contributed by atoms with Gasteiger partial charge in [0.15, 0.2) is 0 Å². The lowest BCUT2D eigenvalue weighted by molar-refractivity contribution is 0.673. The summed E-state index contributed by atoms with van der Waals surface area (Å²) in [5.74, 6) is 0. The van der Waals surface area contributed by atoms with Gasteiger partial charge < -0.3 is 4.42 Å². The molecule has 25 heavy (non-hydrogen) atoms. The van der Waals surface area contributed by atoms with Gasteiger partial charge in [0.25, 0.3) is 0 Å². The molecule has 0 spiro atoms. The van der Waals surface area contributed by atoms with Crippen molar-refractivity contribution in [3.05, 3.63) is 71.8 Å². The molecule has 0 aliphatic rings. The number of fused-ring (bicyclic) bond motifs is 9. The summed E-state index contributed by atoms with van der Waals surface area (Å²) >= 11 is 7.94. The van der Waals surface area contributed by atoms with Crippen LogP contribution in [0.4, 0.5) is 0 Å². The molecule has 0 N–H and O–H groups in total. The molecule has 0 unspecified atom stereocenters. The van der Waals surface area contributed by atoms with Gasteiger partial charge in [0.2, 0.25) is 0 Å². The summed E-state index contributed by atoms with van der Waals surface area (Å²) in [5.41, 5.74) is 1.91. The first-order valence-corrected chi connectivity index (χ1v) is 9.34. The molecule has 0 saturated carbocycles. The Bertz CT molecular complexity index is 1460. The molecule has 0 radical (unpaired) electrons. The zero-order valence-electron chi connectivity index (χ0n) is 13.0. The molecule has 0 saturated heterocycles. The average molecular weight is 359 g/mol. The fraction of sp³-hybridized carbons (Fsp3) is 0. The highest BCUT2D eigenvalue weighted by atomic mass is 35.5. The topological polar surface area (TPSA) is 13.1 Å². The first-order valence-electron chi connectivity index (χ1n) is 8.14. The highest BCUT2D eigenvalue weighted by Gasteiger charge is 2.16. The third-order valence-corrected chi connectivity index (χ3v) is 6.28. The second-order valence-corrected chi connectivity index (χ2v) is 7.84. The minimum Gasteiger partial charge on any atom is -0.455 e. The minimum atomic E-state index is 0.769. The Kier molecular flexibility index (Phi) is 2.61. The highest BCUT2D eigenvalue weighted by molar-refractivity contribution is 7.26. The van der Waals surface area contributed by atoms with E-state index in [1.165, 1.54) is 41.7 Å². The zero-order valence-corrected chi connectivity index (χ0v) is 14.6. The van der Waals surface area contributed by atoms with E-state index in [1.54, 1.807) is 11.3 Å². The van der Waals surface area contributed by atoms with Crippen molar-refractivity contribution >= 4 is 75.8 Å². The maximum atomic E-state index is 6.34. The minimum absolute atomic E-state index is 0.769. The molecule has 0 aliphatic heterocycles. The molecule has 0 aliphatic carbocycles. The number of furan rings is 1. The Morgan fingerprint density at radius 2 is 1.60 bits per heavy atom. The Hall–Kier alpha value is -2.55. The largest absolute Gasteiger partial charge is 0.455 e.